The van der Waals surface area contributed by atoms with Crippen molar-refractivity contribution in [2.75, 3.05) is 13.2 Å². The Morgan fingerprint density at radius 1 is 1.23 bits per heavy atom. The van der Waals surface area contributed by atoms with E-state index in [0.29, 0.717) is 24.5 Å². The van der Waals surface area contributed by atoms with Gasteiger partial charge in [0.05, 0.1) is 6.61 Å². The Morgan fingerprint density at radius 3 is 2.68 bits per heavy atom. The van der Waals surface area contributed by atoms with Gasteiger partial charge in [0.1, 0.15) is 6.29 Å². The highest BCUT2D eigenvalue weighted by Crippen LogP contribution is 2.30. The summed E-state index contributed by atoms with van der Waals surface area (Å²) in [4.78, 5) is 15.6. The molecule has 0 amide bonds. The van der Waals surface area contributed by atoms with Crippen LogP contribution in [0.4, 0.5) is 0 Å². The molecule has 0 fully saturated rings. The van der Waals surface area contributed by atoms with Crippen LogP contribution in [0.15, 0.2) is 24.3 Å². The van der Waals surface area contributed by atoms with Gasteiger partial charge in [-0.05, 0) is 38.0 Å². The third-order valence-electron chi connectivity index (χ3n) is 3.69. The maximum Gasteiger partial charge on any atom is 0.216 e. The fourth-order valence-electron chi connectivity index (χ4n) is 2.41. The molecule has 0 aliphatic carbocycles. The van der Waals surface area contributed by atoms with Gasteiger partial charge < -0.3 is 9.84 Å². The molecule has 1 aromatic heterocycles. The highest BCUT2D eigenvalue weighted by molar-refractivity contribution is 5.83. The average molecular weight is 299 g/mol. The number of benzene rings is 1. The molecule has 0 unspecified atom stereocenters. The second-order valence-electron chi connectivity index (χ2n) is 5.31. The lowest BCUT2D eigenvalue weighted by molar-refractivity contribution is 0.112. The molecule has 22 heavy (non-hydrogen) atoms. The van der Waals surface area contributed by atoms with Gasteiger partial charge >= 0.3 is 0 Å². The van der Waals surface area contributed by atoms with E-state index in [4.69, 9.17) is 9.84 Å². The van der Waals surface area contributed by atoms with E-state index in [1.807, 2.05) is 45.0 Å². The van der Waals surface area contributed by atoms with Crippen LogP contribution in [0.3, 0.4) is 0 Å². The molecule has 116 valence electrons. The fraction of sp³-hybridized carbons (Fsp3) is 0.333. The van der Waals surface area contributed by atoms with E-state index in [0.717, 1.165) is 34.2 Å². The van der Waals surface area contributed by atoms with Crippen molar-refractivity contribution in [1.29, 1.82) is 0 Å². The second kappa shape index (κ2) is 7.18. The van der Waals surface area contributed by atoms with Gasteiger partial charge in [-0.1, -0.05) is 18.2 Å². The summed E-state index contributed by atoms with van der Waals surface area (Å²) in [5.74, 6) is 0.596. The predicted molar refractivity (Wildman–Crippen MR) is 86.5 cm³/mol. The number of carbonyl (C=O) groups excluding carboxylic acids is 1. The number of hydrogen-bond acceptors (Lipinski definition) is 4. The molecule has 1 N–H and O–H groups in total. The van der Waals surface area contributed by atoms with E-state index >= 15 is 0 Å². The predicted octanol–water partition coefficient (Wildman–Crippen LogP) is 3.25. The van der Waals surface area contributed by atoms with Crippen molar-refractivity contribution in [3.8, 4) is 17.0 Å². The van der Waals surface area contributed by atoms with Gasteiger partial charge in [-0.15, -0.1) is 0 Å². The van der Waals surface area contributed by atoms with E-state index in [-0.39, 0.29) is 6.61 Å². The summed E-state index contributed by atoms with van der Waals surface area (Å²) in [6.07, 6.45) is 1.46. The van der Waals surface area contributed by atoms with Gasteiger partial charge in [-0.2, -0.15) is 0 Å². The number of hydrogen-bond donors (Lipinski definition) is 1. The third kappa shape index (κ3) is 3.34. The van der Waals surface area contributed by atoms with Crippen LogP contribution in [-0.2, 0) is 0 Å². The largest absolute Gasteiger partial charge is 0.477 e. The second-order valence-corrected chi connectivity index (χ2v) is 5.31. The van der Waals surface area contributed by atoms with Crippen molar-refractivity contribution in [2.24, 2.45) is 0 Å². The van der Waals surface area contributed by atoms with E-state index in [9.17, 15) is 4.79 Å². The molecule has 4 heteroatoms. The molecule has 0 atom stereocenters. The molecule has 0 aliphatic rings. The van der Waals surface area contributed by atoms with Crippen LogP contribution in [0.25, 0.3) is 11.1 Å². The lowest BCUT2D eigenvalue weighted by Crippen LogP contribution is -2.04. The van der Waals surface area contributed by atoms with Gasteiger partial charge in [0.25, 0.3) is 0 Å². The van der Waals surface area contributed by atoms with E-state index < -0.39 is 0 Å². The maximum absolute atomic E-state index is 11.1. The summed E-state index contributed by atoms with van der Waals surface area (Å²) in [5, 5.41) is 8.81. The van der Waals surface area contributed by atoms with E-state index in [1.165, 1.54) is 0 Å². The number of aliphatic hydroxyl groups excluding tert-OH is 1. The number of pyridine rings is 1. The number of carbonyl (C=O) groups is 1. The molecule has 1 heterocycles. The quantitative estimate of drug-likeness (QED) is 0.657. The molecule has 4 nitrogen and oxygen atoms in total. The Kier molecular flexibility index (Phi) is 5.28. The lowest BCUT2D eigenvalue weighted by atomic mass is 9.95. The molecule has 0 saturated heterocycles. The Balaban J connectivity index is 2.41. The first-order valence-electron chi connectivity index (χ1n) is 7.35. The van der Waals surface area contributed by atoms with Crippen LogP contribution < -0.4 is 4.74 Å². The summed E-state index contributed by atoms with van der Waals surface area (Å²) >= 11 is 0. The van der Waals surface area contributed by atoms with E-state index in [2.05, 4.69) is 4.98 Å². The number of aromatic nitrogens is 1. The minimum atomic E-state index is 0.105. The first-order chi connectivity index (χ1) is 10.6. The molecule has 2 rings (SSSR count). The Bertz CT molecular complexity index is 680. The van der Waals surface area contributed by atoms with Crippen LogP contribution in [-0.4, -0.2) is 29.6 Å². The summed E-state index contributed by atoms with van der Waals surface area (Å²) < 4.78 is 5.60. The van der Waals surface area contributed by atoms with Gasteiger partial charge in [-0.3, -0.25) is 4.79 Å². The summed E-state index contributed by atoms with van der Waals surface area (Å²) in [6, 6.07) is 7.73. The molecular weight excluding hydrogens is 278 g/mol. The first-order valence-corrected chi connectivity index (χ1v) is 7.35. The van der Waals surface area contributed by atoms with Crippen molar-refractivity contribution in [3.63, 3.8) is 0 Å². The third-order valence-corrected chi connectivity index (χ3v) is 3.69. The van der Waals surface area contributed by atoms with Crippen molar-refractivity contribution in [1.82, 2.24) is 4.98 Å². The summed E-state index contributed by atoms with van der Waals surface area (Å²) in [5.41, 5.74) is 5.46. The monoisotopic (exact) mass is 299 g/mol. The number of rotatable bonds is 6. The Labute approximate surface area is 130 Å². The van der Waals surface area contributed by atoms with E-state index in [1.54, 1.807) is 0 Å². The topological polar surface area (TPSA) is 59.4 Å². The number of aliphatic hydroxyl groups is 1. The smallest absolute Gasteiger partial charge is 0.216 e. The highest BCUT2D eigenvalue weighted by atomic mass is 16.5. The van der Waals surface area contributed by atoms with Crippen molar-refractivity contribution in [3.05, 3.63) is 46.6 Å². The van der Waals surface area contributed by atoms with Crippen molar-refractivity contribution >= 4 is 6.29 Å². The number of aldehydes is 1. The number of aryl methyl sites for hydroxylation is 2. The highest BCUT2D eigenvalue weighted by Gasteiger charge is 2.12. The molecule has 0 aliphatic heterocycles. The van der Waals surface area contributed by atoms with Crippen LogP contribution >= 0.6 is 0 Å². The van der Waals surface area contributed by atoms with Crippen LogP contribution in [0.5, 0.6) is 5.88 Å². The minimum absolute atomic E-state index is 0.105. The summed E-state index contributed by atoms with van der Waals surface area (Å²) in [7, 11) is 0. The Morgan fingerprint density at radius 2 is 2.00 bits per heavy atom. The zero-order valence-corrected chi connectivity index (χ0v) is 13.2. The number of ether oxygens (including phenoxy) is 1. The van der Waals surface area contributed by atoms with Gasteiger partial charge in [0.2, 0.25) is 5.88 Å². The minimum Gasteiger partial charge on any atom is -0.477 e. The molecular formula is C18H21NO3. The maximum atomic E-state index is 11.1. The summed E-state index contributed by atoms with van der Waals surface area (Å²) in [6.45, 7) is 6.37. The zero-order chi connectivity index (χ0) is 16.1. The fourth-order valence-corrected chi connectivity index (χ4v) is 2.41. The molecule has 2 aromatic rings. The van der Waals surface area contributed by atoms with Crippen molar-refractivity contribution in [2.45, 2.75) is 27.2 Å². The SMILES string of the molecule is Cc1cc(-c2cccc(C=O)c2C)c(C)nc1OCCCO. The first kappa shape index (κ1) is 16.2. The van der Waals surface area contributed by atoms with Gasteiger partial charge in [0.15, 0.2) is 0 Å². The Hall–Kier alpha value is -2.20. The average Bonchev–Trinajstić information content (AvgIpc) is 2.51. The van der Waals surface area contributed by atoms with Crippen LogP contribution in [0, 0.1) is 20.8 Å². The standard InChI is InChI=1S/C18H21NO3/c1-12-10-17(14(3)19-18(12)22-9-5-8-20)16-7-4-6-15(11-21)13(16)2/h4,6-7,10-11,20H,5,8-9H2,1-3H3. The number of nitrogens with zero attached hydrogens (tertiary/aromatic N) is 1. The van der Waals surface area contributed by atoms with Crippen molar-refractivity contribution < 1.29 is 14.6 Å². The molecule has 0 spiro atoms. The van der Waals surface area contributed by atoms with Crippen LogP contribution in [0.1, 0.15) is 33.6 Å². The normalized spacial score (nSPS) is 10.5. The van der Waals surface area contributed by atoms with Crippen LogP contribution in [0.2, 0.25) is 0 Å². The van der Waals surface area contributed by atoms with Gasteiger partial charge in [0, 0.05) is 35.4 Å². The lowest BCUT2D eigenvalue weighted by Gasteiger charge is -2.14. The molecule has 0 bridgehead atoms. The molecule has 0 saturated carbocycles. The van der Waals surface area contributed by atoms with Gasteiger partial charge in [-0.25, -0.2) is 4.98 Å². The molecule has 1 aromatic carbocycles. The molecule has 0 radical (unpaired) electrons. The zero-order valence-electron chi connectivity index (χ0n) is 13.2.